The predicted octanol–water partition coefficient (Wildman–Crippen LogP) is 4.79. The van der Waals surface area contributed by atoms with E-state index in [0.29, 0.717) is 16.7 Å². The van der Waals surface area contributed by atoms with Crippen molar-refractivity contribution in [3.05, 3.63) is 77.8 Å². The first-order valence-corrected chi connectivity index (χ1v) is 8.66. The third-order valence-corrected chi connectivity index (χ3v) is 4.48. The van der Waals surface area contributed by atoms with E-state index in [2.05, 4.69) is 20.5 Å². The van der Waals surface area contributed by atoms with Gasteiger partial charge in [0.1, 0.15) is 5.52 Å². The molecule has 0 atom stereocenters. The van der Waals surface area contributed by atoms with E-state index in [9.17, 15) is 0 Å². The number of tetrazole rings is 1. The molecule has 6 nitrogen and oxygen atoms in total. The molecule has 3 aromatic carbocycles. The van der Waals surface area contributed by atoms with Gasteiger partial charge in [0.25, 0.3) is 0 Å². The van der Waals surface area contributed by atoms with Gasteiger partial charge >= 0.3 is 0 Å². The predicted molar refractivity (Wildman–Crippen MR) is 103 cm³/mol. The van der Waals surface area contributed by atoms with Crippen molar-refractivity contribution in [2.75, 3.05) is 0 Å². The molecule has 0 bridgehead atoms. The summed E-state index contributed by atoms with van der Waals surface area (Å²) in [6, 6.07) is 22.8. The quantitative estimate of drug-likeness (QED) is 0.454. The first-order valence-electron chi connectivity index (χ1n) is 8.29. The topological polar surface area (TPSA) is 69.6 Å². The van der Waals surface area contributed by atoms with E-state index < -0.39 is 0 Å². The van der Waals surface area contributed by atoms with Gasteiger partial charge < -0.3 is 4.42 Å². The van der Waals surface area contributed by atoms with E-state index in [4.69, 9.17) is 16.0 Å². The van der Waals surface area contributed by atoms with Gasteiger partial charge in [-0.2, -0.15) is 4.68 Å². The van der Waals surface area contributed by atoms with Crippen LogP contribution in [0.4, 0.5) is 0 Å². The van der Waals surface area contributed by atoms with Gasteiger partial charge in [0.2, 0.25) is 5.89 Å². The maximum atomic E-state index is 5.96. The van der Waals surface area contributed by atoms with Gasteiger partial charge in [0.15, 0.2) is 11.4 Å². The molecule has 0 aliphatic rings. The Kier molecular flexibility index (Phi) is 3.69. The molecule has 0 radical (unpaired) electrons. The van der Waals surface area contributed by atoms with Gasteiger partial charge in [-0.1, -0.05) is 23.7 Å². The molecule has 0 fully saturated rings. The van der Waals surface area contributed by atoms with Gasteiger partial charge in [-0.05, 0) is 71.1 Å². The maximum Gasteiger partial charge on any atom is 0.227 e. The highest BCUT2D eigenvalue weighted by Crippen LogP contribution is 2.26. The Morgan fingerprint density at radius 1 is 0.815 bits per heavy atom. The number of rotatable bonds is 3. The molecular weight excluding hydrogens is 362 g/mol. The van der Waals surface area contributed by atoms with Gasteiger partial charge in [-0.25, -0.2) is 4.98 Å². The molecule has 0 N–H and O–H groups in total. The molecule has 0 unspecified atom stereocenters. The van der Waals surface area contributed by atoms with Crippen LogP contribution in [0.2, 0.25) is 5.02 Å². The molecule has 5 rings (SSSR count). The molecule has 2 heterocycles. The number of hydrogen-bond donors (Lipinski definition) is 0. The highest BCUT2D eigenvalue weighted by Gasteiger charge is 2.12. The Hall–Kier alpha value is -3.51. The summed E-state index contributed by atoms with van der Waals surface area (Å²) in [4.78, 5) is 4.52. The van der Waals surface area contributed by atoms with E-state index in [1.54, 1.807) is 4.68 Å². The van der Waals surface area contributed by atoms with Crippen LogP contribution in [0.5, 0.6) is 0 Å². The van der Waals surface area contributed by atoms with Crippen molar-refractivity contribution in [2.24, 2.45) is 0 Å². The number of halogens is 1. The van der Waals surface area contributed by atoms with Gasteiger partial charge in [0, 0.05) is 16.1 Å². The zero-order valence-electron chi connectivity index (χ0n) is 14.0. The van der Waals surface area contributed by atoms with Crippen molar-refractivity contribution in [3.63, 3.8) is 0 Å². The number of oxazole rings is 1. The van der Waals surface area contributed by atoms with Crippen LogP contribution in [-0.4, -0.2) is 25.2 Å². The van der Waals surface area contributed by atoms with Crippen LogP contribution in [0.3, 0.4) is 0 Å². The highest BCUT2D eigenvalue weighted by atomic mass is 35.5. The van der Waals surface area contributed by atoms with Crippen molar-refractivity contribution in [2.45, 2.75) is 0 Å². The van der Waals surface area contributed by atoms with Crippen LogP contribution >= 0.6 is 11.6 Å². The minimum Gasteiger partial charge on any atom is -0.436 e. The number of fused-ring (bicyclic) bond motifs is 1. The van der Waals surface area contributed by atoms with Crippen LogP contribution in [0.15, 0.2) is 77.2 Å². The summed E-state index contributed by atoms with van der Waals surface area (Å²) in [7, 11) is 0. The molecule has 7 heteroatoms. The van der Waals surface area contributed by atoms with Gasteiger partial charge in [-0.15, -0.1) is 5.10 Å². The summed E-state index contributed by atoms with van der Waals surface area (Å²) in [5.41, 5.74) is 4.21. The third-order valence-electron chi connectivity index (χ3n) is 4.22. The van der Waals surface area contributed by atoms with Crippen molar-refractivity contribution < 1.29 is 4.42 Å². The number of nitrogens with zero attached hydrogens (tertiary/aromatic N) is 5. The van der Waals surface area contributed by atoms with E-state index >= 15 is 0 Å². The van der Waals surface area contributed by atoms with Crippen molar-refractivity contribution in [1.82, 2.24) is 25.2 Å². The summed E-state index contributed by atoms with van der Waals surface area (Å²) < 4.78 is 7.50. The number of hydrogen-bond acceptors (Lipinski definition) is 5. The summed E-state index contributed by atoms with van der Waals surface area (Å²) in [6.07, 6.45) is 0. The lowest BCUT2D eigenvalue weighted by atomic mass is 10.2. The average Bonchev–Trinajstić information content (AvgIpc) is 3.36. The smallest absolute Gasteiger partial charge is 0.227 e. The molecule has 0 amide bonds. The third kappa shape index (κ3) is 2.86. The highest BCUT2D eigenvalue weighted by molar-refractivity contribution is 6.30. The van der Waals surface area contributed by atoms with Gasteiger partial charge in [-0.3, -0.25) is 0 Å². The standard InChI is InChI=1S/C20H12ClN5O/c21-15-9-5-13(6-10-15)19-23-24-25-26(19)16-11-7-14(8-12-16)20-22-17-3-1-2-4-18(17)27-20/h1-12H. The Morgan fingerprint density at radius 2 is 1.56 bits per heavy atom. The molecule has 130 valence electrons. The average molecular weight is 374 g/mol. The Balaban J connectivity index is 1.51. The number of aromatic nitrogens is 5. The minimum absolute atomic E-state index is 0.581. The lowest BCUT2D eigenvalue weighted by molar-refractivity contribution is 0.620. The van der Waals surface area contributed by atoms with Crippen molar-refractivity contribution in [3.8, 4) is 28.5 Å². The van der Waals surface area contributed by atoms with E-state index in [0.717, 1.165) is 27.9 Å². The first kappa shape index (κ1) is 15.7. The fourth-order valence-electron chi connectivity index (χ4n) is 2.88. The summed E-state index contributed by atoms with van der Waals surface area (Å²) in [5.74, 6) is 1.22. The lowest BCUT2D eigenvalue weighted by Crippen LogP contribution is -1.99. The molecule has 0 saturated heterocycles. The molecular formula is C20H12ClN5O. The zero-order chi connectivity index (χ0) is 18.2. The van der Waals surface area contributed by atoms with E-state index in [1.165, 1.54) is 0 Å². The normalized spacial score (nSPS) is 11.1. The second-order valence-corrected chi connectivity index (χ2v) is 6.39. The summed E-state index contributed by atoms with van der Waals surface area (Å²) in [5, 5.41) is 12.7. The molecule has 0 aliphatic carbocycles. The molecule has 27 heavy (non-hydrogen) atoms. The number of benzene rings is 3. The molecule has 0 spiro atoms. The van der Waals surface area contributed by atoms with Crippen LogP contribution in [0.25, 0.3) is 39.6 Å². The minimum atomic E-state index is 0.581. The molecule has 2 aromatic heterocycles. The van der Waals surface area contributed by atoms with Crippen LogP contribution in [0, 0.1) is 0 Å². The van der Waals surface area contributed by atoms with E-state index in [1.807, 2.05) is 72.8 Å². The van der Waals surface area contributed by atoms with Gasteiger partial charge in [0.05, 0.1) is 5.69 Å². The monoisotopic (exact) mass is 373 g/mol. The number of para-hydroxylation sites is 2. The fourth-order valence-corrected chi connectivity index (χ4v) is 3.01. The Morgan fingerprint density at radius 3 is 2.33 bits per heavy atom. The lowest BCUT2D eigenvalue weighted by Gasteiger charge is -2.05. The summed E-state index contributed by atoms with van der Waals surface area (Å²) >= 11 is 5.96. The maximum absolute atomic E-state index is 5.96. The molecule has 0 aliphatic heterocycles. The van der Waals surface area contributed by atoms with Crippen molar-refractivity contribution in [1.29, 1.82) is 0 Å². The first-order chi connectivity index (χ1) is 13.3. The fraction of sp³-hybridized carbons (Fsp3) is 0. The second kappa shape index (κ2) is 6.34. The zero-order valence-corrected chi connectivity index (χ0v) is 14.7. The second-order valence-electron chi connectivity index (χ2n) is 5.95. The SMILES string of the molecule is Clc1ccc(-c2nnnn2-c2ccc(-c3nc4ccccc4o3)cc2)cc1. The molecule has 5 aromatic rings. The van der Waals surface area contributed by atoms with E-state index in [-0.39, 0.29) is 0 Å². The summed E-state index contributed by atoms with van der Waals surface area (Å²) in [6.45, 7) is 0. The molecule has 0 saturated carbocycles. The Labute approximate surface area is 159 Å². The Bertz CT molecular complexity index is 1190. The van der Waals surface area contributed by atoms with Crippen LogP contribution in [0.1, 0.15) is 0 Å². The van der Waals surface area contributed by atoms with Crippen molar-refractivity contribution >= 4 is 22.7 Å². The largest absolute Gasteiger partial charge is 0.436 e. The van der Waals surface area contributed by atoms with Crippen LogP contribution < -0.4 is 0 Å². The van der Waals surface area contributed by atoms with Crippen LogP contribution in [-0.2, 0) is 0 Å².